The van der Waals surface area contributed by atoms with Crippen LogP contribution in [0, 0.1) is 0 Å². The molecule has 0 amide bonds. The van der Waals surface area contributed by atoms with Gasteiger partial charge in [0.05, 0.1) is 0 Å². The summed E-state index contributed by atoms with van der Waals surface area (Å²) in [6.07, 6.45) is 0. The topological polar surface area (TPSA) is 3.24 Å². The van der Waals surface area contributed by atoms with Gasteiger partial charge in [0.25, 0.3) is 0 Å². The first-order valence-corrected chi connectivity index (χ1v) is 13.5. The van der Waals surface area contributed by atoms with Gasteiger partial charge in [0.2, 0.25) is 0 Å². The second-order valence-corrected chi connectivity index (χ2v) is 11.9. The Balaban J connectivity index is 1.55. The van der Waals surface area contributed by atoms with Gasteiger partial charge < -0.3 is 4.90 Å². The van der Waals surface area contributed by atoms with E-state index in [1.54, 1.807) is 0 Å². The van der Waals surface area contributed by atoms with E-state index < -0.39 is 0 Å². The smallest absolute Gasteiger partial charge is 0.0428 e. The van der Waals surface area contributed by atoms with Gasteiger partial charge in [-0.05, 0) is 95.6 Å². The Labute approximate surface area is 227 Å². The second-order valence-electron chi connectivity index (χ2n) is 11.9. The number of hydrogen-bond acceptors (Lipinski definition) is 1. The highest BCUT2D eigenvalue weighted by Gasteiger charge is 2.36. The molecule has 1 nitrogen and oxygen atoms in total. The van der Waals surface area contributed by atoms with Crippen LogP contribution in [0.5, 0.6) is 0 Å². The van der Waals surface area contributed by atoms with E-state index in [0.717, 1.165) is 0 Å². The summed E-state index contributed by atoms with van der Waals surface area (Å²) in [7, 11) is 0. The summed E-state index contributed by atoms with van der Waals surface area (Å²) >= 11 is 0. The highest BCUT2D eigenvalue weighted by molar-refractivity contribution is 5.85. The van der Waals surface area contributed by atoms with Crippen molar-refractivity contribution in [3.8, 4) is 33.4 Å². The van der Waals surface area contributed by atoms with Crippen molar-refractivity contribution >= 4 is 11.4 Å². The molecule has 1 aliphatic rings. The first-order chi connectivity index (χ1) is 18.2. The number of nitrogens with zero attached hydrogens (tertiary/aromatic N) is 1. The zero-order chi connectivity index (χ0) is 26.5. The van der Waals surface area contributed by atoms with Gasteiger partial charge in [-0.3, -0.25) is 0 Å². The predicted octanol–water partition coefficient (Wildman–Crippen LogP) is 10.3. The number of benzene rings is 5. The lowest BCUT2D eigenvalue weighted by molar-refractivity contribution is 0.559. The monoisotopic (exact) mass is 493 g/mol. The van der Waals surface area contributed by atoms with Gasteiger partial charge in [-0.15, -0.1) is 0 Å². The maximum Gasteiger partial charge on any atom is 0.0428 e. The Hall–Kier alpha value is -4.10. The van der Waals surface area contributed by atoms with E-state index in [0.29, 0.717) is 0 Å². The van der Waals surface area contributed by atoms with E-state index in [1.165, 1.54) is 55.9 Å². The van der Waals surface area contributed by atoms with Crippen LogP contribution in [0.3, 0.4) is 0 Å². The van der Waals surface area contributed by atoms with Crippen LogP contribution < -0.4 is 4.90 Å². The number of rotatable bonds is 4. The summed E-state index contributed by atoms with van der Waals surface area (Å²) in [5.74, 6) is 0. The van der Waals surface area contributed by atoms with E-state index in [4.69, 9.17) is 0 Å². The molecule has 0 heterocycles. The molecule has 5 aromatic rings. The van der Waals surface area contributed by atoms with Crippen LogP contribution in [0.15, 0.2) is 121 Å². The molecule has 0 bridgehead atoms. The predicted molar refractivity (Wildman–Crippen MR) is 163 cm³/mol. The Bertz CT molecular complexity index is 1550. The Morgan fingerprint density at radius 3 is 1.58 bits per heavy atom. The van der Waals surface area contributed by atoms with E-state index in [9.17, 15) is 0 Å². The molecule has 188 valence electrons. The molecule has 0 atom stereocenters. The molecule has 0 N–H and O–H groups in total. The van der Waals surface area contributed by atoms with Gasteiger partial charge in [0, 0.05) is 22.3 Å². The van der Waals surface area contributed by atoms with E-state index in [1.807, 2.05) is 0 Å². The lowest BCUT2D eigenvalue weighted by Crippen LogP contribution is -2.37. The fourth-order valence-corrected chi connectivity index (χ4v) is 6.09. The van der Waals surface area contributed by atoms with Crippen LogP contribution >= 0.6 is 0 Å². The van der Waals surface area contributed by atoms with Gasteiger partial charge in [-0.25, -0.2) is 0 Å². The fourth-order valence-electron chi connectivity index (χ4n) is 6.09. The van der Waals surface area contributed by atoms with Gasteiger partial charge in [0.1, 0.15) is 0 Å². The zero-order valence-corrected chi connectivity index (χ0v) is 23.0. The van der Waals surface area contributed by atoms with Crippen LogP contribution in [-0.2, 0) is 5.41 Å². The molecule has 1 heteroatoms. The Morgan fingerprint density at radius 1 is 0.474 bits per heavy atom. The third kappa shape index (κ3) is 4.13. The van der Waals surface area contributed by atoms with Crippen molar-refractivity contribution in [2.24, 2.45) is 0 Å². The number of anilines is 2. The third-order valence-corrected chi connectivity index (χ3v) is 7.89. The van der Waals surface area contributed by atoms with Crippen LogP contribution in [0.4, 0.5) is 11.4 Å². The van der Waals surface area contributed by atoms with Crippen molar-refractivity contribution in [2.75, 3.05) is 4.90 Å². The molecular formula is C37H35N. The minimum absolute atomic E-state index is 0.0351. The highest BCUT2D eigenvalue weighted by Crippen LogP contribution is 2.50. The van der Waals surface area contributed by atoms with Crippen LogP contribution in [0.25, 0.3) is 33.4 Å². The SMILES string of the molecule is CC1(C)c2ccccc2-c2ccc(N(c3cc(-c4ccccc4)cc(-c4ccccc4)c3)C(C)(C)C)cc21. The minimum Gasteiger partial charge on any atom is -0.336 e. The van der Waals surface area contributed by atoms with Gasteiger partial charge in [0.15, 0.2) is 0 Å². The summed E-state index contributed by atoms with van der Waals surface area (Å²) in [6.45, 7) is 11.6. The Kier molecular flexibility index (Phi) is 5.76. The molecule has 0 saturated carbocycles. The standard InChI is InChI=1S/C37H35N/c1-36(2,3)38(30-20-21-33-32-18-12-13-19-34(32)37(4,5)35(33)25-30)31-23-28(26-14-8-6-9-15-26)22-29(24-31)27-16-10-7-11-17-27/h6-25H,1-5H3. The second kappa shape index (κ2) is 9.03. The first kappa shape index (κ1) is 24.2. The maximum absolute atomic E-state index is 2.51. The van der Waals surface area contributed by atoms with Crippen LogP contribution in [-0.4, -0.2) is 5.54 Å². The average molecular weight is 494 g/mol. The van der Waals surface area contributed by atoms with Crippen molar-refractivity contribution in [3.63, 3.8) is 0 Å². The summed E-state index contributed by atoms with van der Waals surface area (Å²) in [4.78, 5) is 2.51. The van der Waals surface area contributed by atoms with Crippen LogP contribution in [0.2, 0.25) is 0 Å². The normalized spacial score (nSPS) is 13.6. The molecule has 6 rings (SSSR count). The molecule has 0 unspecified atom stereocenters. The quantitative estimate of drug-likeness (QED) is 0.241. The number of hydrogen-bond donors (Lipinski definition) is 0. The third-order valence-electron chi connectivity index (χ3n) is 7.89. The van der Waals surface area contributed by atoms with Crippen molar-refractivity contribution in [3.05, 3.63) is 132 Å². The lowest BCUT2D eigenvalue weighted by Gasteiger charge is -2.39. The largest absolute Gasteiger partial charge is 0.336 e. The molecule has 0 aromatic heterocycles. The summed E-state index contributed by atoms with van der Waals surface area (Å²) in [5, 5.41) is 0. The molecule has 0 spiro atoms. The maximum atomic E-state index is 2.51. The molecule has 1 aliphatic carbocycles. The molecule has 0 fully saturated rings. The van der Waals surface area contributed by atoms with E-state index in [2.05, 4.69) is 161 Å². The minimum atomic E-state index is -0.132. The average Bonchev–Trinajstić information content (AvgIpc) is 3.15. The summed E-state index contributed by atoms with van der Waals surface area (Å²) in [6, 6.07) is 44.4. The van der Waals surface area contributed by atoms with Gasteiger partial charge in [-0.1, -0.05) is 105 Å². The Morgan fingerprint density at radius 2 is 1.00 bits per heavy atom. The highest BCUT2D eigenvalue weighted by atomic mass is 15.2. The lowest BCUT2D eigenvalue weighted by atomic mass is 9.82. The molecule has 0 aliphatic heterocycles. The fraction of sp³-hybridized carbons (Fsp3) is 0.189. The van der Waals surface area contributed by atoms with Crippen molar-refractivity contribution in [1.82, 2.24) is 0 Å². The van der Waals surface area contributed by atoms with Crippen molar-refractivity contribution in [1.29, 1.82) is 0 Å². The summed E-state index contributed by atoms with van der Waals surface area (Å²) in [5.41, 5.74) is 12.7. The van der Waals surface area contributed by atoms with Crippen molar-refractivity contribution < 1.29 is 0 Å². The molecular weight excluding hydrogens is 458 g/mol. The van der Waals surface area contributed by atoms with E-state index in [-0.39, 0.29) is 11.0 Å². The van der Waals surface area contributed by atoms with E-state index >= 15 is 0 Å². The van der Waals surface area contributed by atoms with Gasteiger partial charge >= 0.3 is 0 Å². The van der Waals surface area contributed by atoms with Crippen LogP contribution in [0.1, 0.15) is 45.7 Å². The van der Waals surface area contributed by atoms with Gasteiger partial charge in [-0.2, -0.15) is 0 Å². The molecule has 0 saturated heterocycles. The number of fused-ring (bicyclic) bond motifs is 3. The summed E-state index contributed by atoms with van der Waals surface area (Å²) < 4.78 is 0. The molecule has 5 aromatic carbocycles. The first-order valence-electron chi connectivity index (χ1n) is 13.5. The van der Waals surface area contributed by atoms with Crippen molar-refractivity contribution in [2.45, 2.75) is 45.6 Å². The zero-order valence-electron chi connectivity index (χ0n) is 23.0. The molecule has 38 heavy (non-hydrogen) atoms. The molecule has 0 radical (unpaired) electrons.